The van der Waals surface area contributed by atoms with Crippen LogP contribution in [0.1, 0.15) is 51.0 Å². The minimum atomic E-state index is -0.890. The molecular formula is C21H27NO5. The maximum absolute atomic E-state index is 12.4. The van der Waals surface area contributed by atoms with Gasteiger partial charge in [-0.15, -0.1) is 0 Å². The molecule has 0 unspecified atom stereocenters. The second-order valence-electron chi connectivity index (χ2n) is 6.71. The van der Waals surface area contributed by atoms with Crippen molar-refractivity contribution in [1.29, 1.82) is 0 Å². The third kappa shape index (κ3) is 6.31. The number of hydrogen-bond donors (Lipinski definition) is 0. The molecule has 0 saturated carbocycles. The average molecular weight is 373 g/mol. The number of amides is 1. The van der Waals surface area contributed by atoms with Gasteiger partial charge in [-0.25, -0.2) is 4.79 Å². The van der Waals surface area contributed by atoms with Crippen molar-refractivity contribution in [2.75, 3.05) is 13.2 Å². The van der Waals surface area contributed by atoms with Gasteiger partial charge in [-0.3, -0.25) is 14.4 Å². The second kappa shape index (κ2) is 10.6. The van der Waals surface area contributed by atoms with Gasteiger partial charge in [0, 0.05) is 25.8 Å². The number of aryl methyl sites for hydroxylation is 1. The maximum atomic E-state index is 12.4. The van der Waals surface area contributed by atoms with Crippen LogP contribution >= 0.6 is 0 Å². The summed E-state index contributed by atoms with van der Waals surface area (Å²) in [6, 6.07) is 9.22. The second-order valence-corrected chi connectivity index (χ2v) is 6.71. The van der Waals surface area contributed by atoms with Crippen molar-refractivity contribution in [1.82, 2.24) is 4.90 Å². The lowest BCUT2D eigenvalue weighted by Crippen LogP contribution is -2.43. The summed E-state index contributed by atoms with van der Waals surface area (Å²) < 4.78 is 4.74. The van der Waals surface area contributed by atoms with E-state index in [9.17, 15) is 19.2 Å². The Kier molecular flexibility index (Phi) is 8.17. The fourth-order valence-corrected chi connectivity index (χ4v) is 3.33. The first-order valence-electron chi connectivity index (χ1n) is 9.59. The number of benzene rings is 1. The van der Waals surface area contributed by atoms with E-state index >= 15 is 0 Å². The zero-order chi connectivity index (χ0) is 19.6. The van der Waals surface area contributed by atoms with Crippen molar-refractivity contribution < 1.29 is 23.9 Å². The van der Waals surface area contributed by atoms with E-state index in [1.54, 1.807) is 6.92 Å². The molecule has 1 fully saturated rings. The summed E-state index contributed by atoms with van der Waals surface area (Å²) in [6.45, 7) is 2.20. The fourth-order valence-electron chi connectivity index (χ4n) is 3.33. The molecule has 2 rings (SSSR count). The van der Waals surface area contributed by atoms with Crippen molar-refractivity contribution in [3.8, 4) is 0 Å². The molecule has 0 spiro atoms. The molecule has 1 aliphatic heterocycles. The van der Waals surface area contributed by atoms with Crippen LogP contribution in [0.3, 0.4) is 0 Å². The van der Waals surface area contributed by atoms with Gasteiger partial charge in [0.1, 0.15) is 11.8 Å². The Bertz CT molecular complexity index is 670. The highest BCUT2D eigenvalue weighted by Crippen LogP contribution is 2.20. The largest absolute Gasteiger partial charge is 0.460 e. The fraction of sp³-hybridized carbons (Fsp3) is 0.524. The van der Waals surface area contributed by atoms with E-state index in [2.05, 4.69) is 0 Å². The first kappa shape index (κ1) is 20.8. The number of hydrogen-bond acceptors (Lipinski definition) is 5. The SMILES string of the molecule is CCOC(=O)C(=O)[C@@H]1CCCN1C(=O)CCC(=O)CCCc1ccccc1. The first-order chi connectivity index (χ1) is 13.0. The minimum Gasteiger partial charge on any atom is -0.460 e. The Morgan fingerprint density at radius 3 is 2.52 bits per heavy atom. The summed E-state index contributed by atoms with van der Waals surface area (Å²) >= 11 is 0. The van der Waals surface area contributed by atoms with Crippen LogP contribution in [0.2, 0.25) is 0 Å². The summed E-state index contributed by atoms with van der Waals surface area (Å²) in [5, 5.41) is 0. The third-order valence-corrected chi connectivity index (χ3v) is 4.73. The Labute approximate surface area is 159 Å². The number of likely N-dealkylation sites (tertiary alicyclic amines) is 1. The lowest BCUT2D eigenvalue weighted by molar-refractivity contribution is -0.156. The van der Waals surface area contributed by atoms with Gasteiger partial charge in [-0.1, -0.05) is 30.3 Å². The van der Waals surface area contributed by atoms with E-state index in [1.807, 2.05) is 30.3 Å². The molecular weight excluding hydrogens is 346 g/mol. The molecule has 1 saturated heterocycles. The van der Waals surface area contributed by atoms with Gasteiger partial charge in [-0.05, 0) is 38.2 Å². The van der Waals surface area contributed by atoms with Crippen LogP contribution in [0.5, 0.6) is 0 Å². The number of ketones is 2. The maximum Gasteiger partial charge on any atom is 0.376 e. The molecule has 0 radical (unpaired) electrons. The Hall–Kier alpha value is -2.50. The number of carbonyl (C=O) groups is 4. The van der Waals surface area contributed by atoms with Crippen molar-refractivity contribution in [3.05, 3.63) is 35.9 Å². The van der Waals surface area contributed by atoms with Crippen molar-refractivity contribution in [3.63, 3.8) is 0 Å². The molecule has 0 bridgehead atoms. The summed E-state index contributed by atoms with van der Waals surface area (Å²) in [7, 11) is 0. The molecule has 146 valence electrons. The highest BCUT2D eigenvalue weighted by atomic mass is 16.5. The lowest BCUT2D eigenvalue weighted by atomic mass is 10.0. The summed E-state index contributed by atoms with van der Waals surface area (Å²) in [4.78, 5) is 49.7. The number of nitrogens with zero attached hydrogens (tertiary/aromatic N) is 1. The van der Waals surface area contributed by atoms with Crippen LogP contribution in [0.15, 0.2) is 30.3 Å². The van der Waals surface area contributed by atoms with Gasteiger partial charge in [0.05, 0.1) is 6.61 Å². The van der Waals surface area contributed by atoms with Gasteiger partial charge in [-0.2, -0.15) is 0 Å². The smallest absolute Gasteiger partial charge is 0.376 e. The molecule has 0 aromatic heterocycles. The number of ether oxygens (including phenoxy) is 1. The summed E-state index contributed by atoms with van der Waals surface area (Å²) in [5.74, 6) is -1.76. The molecule has 1 atom stereocenters. The Morgan fingerprint density at radius 2 is 1.81 bits per heavy atom. The average Bonchev–Trinajstić information content (AvgIpc) is 3.16. The van der Waals surface area contributed by atoms with Gasteiger partial charge in [0.25, 0.3) is 5.78 Å². The highest BCUT2D eigenvalue weighted by molar-refractivity contribution is 6.36. The zero-order valence-electron chi connectivity index (χ0n) is 15.8. The number of carbonyl (C=O) groups excluding carboxylic acids is 4. The molecule has 1 heterocycles. The van der Waals surface area contributed by atoms with E-state index in [-0.39, 0.29) is 31.1 Å². The van der Waals surface area contributed by atoms with Gasteiger partial charge < -0.3 is 9.64 Å². The normalized spacial score (nSPS) is 16.2. The van der Waals surface area contributed by atoms with E-state index in [4.69, 9.17) is 4.74 Å². The molecule has 0 N–H and O–H groups in total. The molecule has 6 heteroatoms. The van der Waals surface area contributed by atoms with E-state index in [0.29, 0.717) is 25.8 Å². The Balaban J connectivity index is 1.74. The molecule has 1 amide bonds. The highest BCUT2D eigenvalue weighted by Gasteiger charge is 2.37. The van der Waals surface area contributed by atoms with Gasteiger partial charge >= 0.3 is 5.97 Å². The number of rotatable bonds is 10. The Morgan fingerprint density at radius 1 is 1.07 bits per heavy atom. The third-order valence-electron chi connectivity index (χ3n) is 4.73. The van der Waals surface area contributed by atoms with Crippen molar-refractivity contribution in [2.45, 2.75) is 57.9 Å². The van der Waals surface area contributed by atoms with E-state index in [1.165, 1.54) is 10.5 Å². The monoisotopic (exact) mass is 373 g/mol. The standard InChI is InChI=1S/C21H27NO5/c1-2-27-21(26)20(25)18-12-7-15-22(18)19(24)14-13-17(23)11-6-10-16-8-4-3-5-9-16/h3-5,8-9,18H,2,6-7,10-15H2,1H3/t18-/m0/s1. The molecule has 27 heavy (non-hydrogen) atoms. The predicted molar refractivity (Wildman–Crippen MR) is 100.0 cm³/mol. The molecule has 1 aliphatic rings. The quantitative estimate of drug-likeness (QED) is 0.465. The van der Waals surface area contributed by atoms with Crippen LogP contribution in [-0.2, 0) is 30.3 Å². The minimum absolute atomic E-state index is 0.0479. The first-order valence-corrected chi connectivity index (χ1v) is 9.59. The molecule has 0 aliphatic carbocycles. The van der Waals surface area contributed by atoms with Crippen LogP contribution in [-0.4, -0.2) is 47.5 Å². The van der Waals surface area contributed by atoms with Crippen LogP contribution < -0.4 is 0 Å². The van der Waals surface area contributed by atoms with Crippen molar-refractivity contribution >= 4 is 23.4 Å². The van der Waals surface area contributed by atoms with Crippen LogP contribution in [0, 0.1) is 0 Å². The van der Waals surface area contributed by atoms with E-state index < -0.39 is 17.8 Å². The summed E-state index contributed by atoms with van der Waals surface area (Å²) in [6.07, 6.45) is 3.42. The number of Topliss-reactive ketones (excluding diaryl/α,β-unsaturated/α-hetero) is 2. The molecule has 1 aromatic rings. The van der Waals surface area contributed by atoms with Crippen molar-refractivity contribution in [2.24, 2.45) is 0 Å². The summed E-state index contributed by atoms with van der Waals surface area (Å²) in [5.41, 5.74) is 1.19. The lowest BCUT2D eigenvalue weighted by Gasteiger charge is -2.22. The topological polar surface area (TPSA) is 80.8 Å². The predicted octanol–water partition coefficient (Wildman–Crippen LogP) is 2.48. The van der Waals surface area contributed by atoms with Gasteiger partial charge in [0.2, 0.25) is 5.91 Å². The molecule has 6 nitrogen and oxygen atoms in total. The van der Waals surface area contributed by atoms with Crippen LogP contribution in [0.25, 0.3) is 0 Å². The van der Waals surface area contributed by atoms with Crippen LogP contribution in [0.4, 0.5) is 0 Å². The van der Waals surface area contributed by atoms with Gasteiger partial charge in [0.15, 0.2) is 0 Å². The van der Waals surface area contributed by atoms with E-state index in [0.717, 1.165) is 12.8 Å². The zero-order valence-corrected chi connectivity index (χ0v) is 15.8. The molecule has 1 aromatic carbocycles. The number of esters is 1.